The van der Waals surface area contributed by atoms with Crippen LogP contribution in [-0.4, -0.2) is 19.1 Å². The predicted octanol–water partition coefficient (Wildman–Crippen LogP) is 3.51. The van der Waals surface area contributed by atoms with Crippen molar-refractivity contribution in [2.24, 2.45) is 0 Å². The molecule has 0 radical (unpaired) electrons. The molecule has 0 amide bonds. The van der Waals surface area contributed by atoms with E-state index in [1.165, 1.54) is 0 Å². The van der Waals surface area contributed by atoms with E-state index in [-0.39, 0.29) is 0 Å². The van der Waals surface area contributed by atoms with E-state index in [0.717, 1.165) is 27.4 Å². The molecule has 0 spiro atoms. The number of aromatic nitrogens is 1. The highest BCUT2D eigenvalue weighted by Crippen LogP contribution is 2.34. The number of hydrogen-bond acceptors (Lipinski definition) is 4. The van der Waals surface area contributed by atoms with Crippen LogP contribution in [0.25, 0.3) is 0 Å². The number of nitrogens with two attached hydrogens (primary N) is 1. The molecular weight excluding hydrogens is 306 g/mol. The number of methoxy groups -OCH3 is 1. The molecule has 0 aliphatic heterocycles. The number of halogens is 1. The van der Waals surface area contributed by atoms with Crippen molar-refractivity contribution in [3.05, 3.63) is 40.5 Å². The average molecular weight is 322 g/mol. The van der Waals surface area contributed by atoms with Crippen LogP contribution in [0.4, 0.5) is 17.2 Å². The van der Waals surface area contributed by atoms with Crippen molar-refractivity contribution in [3.8, 4) is 5.75 Å². The summed E-state index contributed by atoms with van der Waals surface area (Å²) >= 11 is 3.47. The van der Waals surface area contributed by atoms with E-state index in [4.69, 9.17) is 10.5 Å². The van der Waals surface area contributed by atoms with Gasteiger partial charge in [0.05, 0.1) is 24.2 Å². The summed E-state index contributed by atoms with van der Waals surface area (Å²) in [7, 11) is 3.60. The number of nitrogen functional groups attached to an aromatic ring is 1. The Kier molecular flexibility index (Phi) is 3.95. The molecule has 0 saturated heterocycles. The average Bonchev–Trinajstić information content (AvgIpc) is 2.41. The third-order valence-electron chi connectivity index (χ3n) is 2.96. The minimum atomic E-state index is 0.693. The zero-order valence-electron chi connectivity index (χ0n) is 11.1. The Hall–Kier alpha value is -1.75. The molecule has 0 saturated carbocycles. The number of anilines is 3. The Morgan fingerprint density at radius 1 is 1.26 bits per heavy atom. The van der Waals surface area contributed by atoms with Crippen LogP contribution in [0.5, 0.6) is 5.75 Å². The Labute approximate surface area is 121 Å². The minimum absolute atomic E-state index is 0.693. The molecular formula is C14H16BrN3O. The van der Waals surface area contributed by atoms with Gasteiger partial charge >= 0.3 is 0 Å². The Balaban J connectivity index is 2.45. The molecule has 0 aliphatic rings. The molecule has 2 N–H and O–H groups in total. The van der Waals surface area contributed by atoms with Gasteiger partial charge in [0.15, 0.2) is 0 Å². The molecule has 1 aromatic heterocycles. The maximum Gasteiger partial charge on any atom is 0.142 e. The van der Waals surface area contributed by atoms with Crippen molar-refractivity contribution < 1.29 is 4.74 Å². The van der Waals surface area contributed by atoms with Crippen LogP contribution in [0.15, 0.2) is 34.8 Å². The van der Waals surface area contributed by atoms with E-state index in [2.05, 4.69) is 20.9 Å². The van der Waals surface area contributed by atoms with Crippen LogP contribution < -0.4 is 15.4 Å². The molecule has 2 aromatic rings. The van der Waals surface area contributed by atoms with Gasteiger partial charge in [-0.3, -0.25) is 0 Å². The normalized spacial score (nSPS) is 10.3. The topological polar surface area (TPSA) is 51.4 Å². The fourth-order valence-electron chi connectivity index (χ4n) is 1.79. The van der Waals surface area contributed by atoms with Gasteiger partial charge in [-0.2, -0.15) is 0 Å². The summed E-state index contributed by atoms with van der Waals surface area (Å²) in [6, 6.07) is 9.60. The molecule has 19 heavy (non-hydrogen) atoms. The van der Waals surface area contributed by atoms with E-state index in [9.17, 15) is 0 Å². The molecule has 1 aromatic carbocycles. The zero-order chi connectivity index (χ0) is 14.0. The van der Waals surface area contributed by atoms with Crippen molar-refractivity contribution in [2.45, 2.75) is 6.92 Å². The SMILES string of the molecule is COc1ccc(Br)cc1N(C)c1ccc(N)c(C)n1. The number of ether oxygens (including phenoxy) is 1. The second-order valence-electron chi connectivity index (χ2n) is 4.22. The standard InChI is InChI=1S/C14H16BrN3O/c1-9-11(16)5-7-14(17-9)18(2)12-8-10(15)4-6-13(12)19-3/h4-8H,16H2,1-3H3. The molecule has 4 nitrogen and oxygen atoms in total. The van der Waals surface area contributed by atoms with Gasteiger partial charge in [-0.25, -0.2) is 4.98 Å². The smallest absolute Gasteiger partial charge is 0.142 e. The lowest BCUT2D eigenvalue weighted by molar-refractivity contribution is 0.415. The number of pyridine rings is 1. The molecule has 0 unspecified atom stereocenters. The minimum Gasteiger partial charge on any atom is -0.495 e. The van der Waals surface area contributed by atoms with Crippen LogP contribution in [-0.2, 0) is 0 Å². The summed E-state index contributed by atoms with van der Waals surface area (Å²) in [4.78, 5) is 6.45. The number of rotatable bonds is 3. The first-order valence-electron chi connectivity index (χ1n) is 5.83. The van der Waals surface area contributed by atoms with Crippen LogP contribution in [0.2, 0.25) is 0 Å². The molecule has 0 aliphatic carbocycles. The monoisotopic (exact) mass is 321 g/mol. The van der Waals surface area contributed by atoms with E-state index < -0.39 is 0 Å². The Morgan fingerprint density at radius 3 is 2.63 bits per heavy atom. The number of hydrogen-bond donors (Lipinski definition) is 1. The van der Waals surface area contributed by atoms with Gasteiger partial charge in [0.2, 0.25) is 0 Å². The summed E-state index contributed by atoms with van der Waals surface area (Å²) in [6.07, 6.45) is 0. The largest absolute Gasteiger partial charge is 0.495 e. The van der Waals surface area contributed by atoms with Crippen molar-refractivity contribution in [1.82, 2.24) is 4.98 Å². The summed E-state index contributed by atoms with van der Waals surface area (Å²) in [5.41, 5.74) is 8.24. The second-order valence-corrected chi connectivity index (χ2v) is 5.13. The first kappa shape index (κ1) is 13.7. The Morgan fingerprint density at radius 2 is 2.00 bits per heavy atom. The van der Waals surface area contributed by atoms with Gasteiger partial charge in [0.25, 0.3) is 0 Å². The lowest BCUT2D eigenvalue weighted by Gasteiger charge is -2.21. The van der Waals surface area contributed by atoms with E-state index in [0.29, 0.717) is 5.69 Å². The highest BCUT2D eigenvalue weighted by Gasteiger charge is 2.12. The van der Waals surface area contributed by atoms with Crippen molar-refractivity contribution in [1.29, 1.82) is 0 Å². The van der Waals surface area contributed by atoms with Crippen molar-refractivity contribution in [3.63, 3.8) is 0 Å². The van der Waals surface area contributed by atoms with Gasteiger partial charge in [0.1, 0.15) is 11.6 Å². The fraction of sp³-hybridized carbons (Fsp3) is 0.214. The second kappa shape index (κ2) is 5.48. The van der Waals surface area contributed by atoms with Gasteiger partial charge in [-0.1, -0.05) is 15.9 Å². The molecule has 1 heterocycles. The Bertz CT molecular complexity index is 601. The highest BCUT2D eigenvalue weighted by molar-refractivity contribution is 9.10. The summed E-state index contributed by atoms with van der Waals surface area (Å²) in [6.45, 7) is 1.89. The molecule has 0 bridgehead atoms. The third kappa shape index (κ3) is 2.81. The van der Waals surface area contributed by atoms with Crippen LogP contribution in [0.1, 0.15) is 5.69 Å². The maximum absolute atomic E-state index is 5.79. The van der Waals surface area contributed by atoms with Gasteiger partial charge < -0.3 is 15.4 Å². The number of aryl methyl sites for hydroxylation is 1. The van der Waals surface area contributed by atoms with E-state index in [1.54, 1.807) is 7.11 Å². The van der Waals surface area contributed by atoms with E-state index in [1.807, 2.05) is 49.2 Å². The third-order valence-corrected chi connectivity index (χ3v) is 3.45. The summed E-state index contributed by atoms with van der Waals surface area (Å²) in [5.74, 6) is 1.62. The molecule has 2 rings (SSSR count). The first-order chi connectivity index (χ1) is 9.02. The predicted molar refractivity (Wildman–Crippen MR) is 82.1 cm³/mol. The van der Waals surface area contributed by atoms with Gasteiger partial charge in [-0.15, -0.1) is 0 Å². The number of nitrogens with zero attached hydrogens (tertiary/aromatic N) is 2. The maximum atomic E-state index is 5.79. The summed E-state index contributed by atoms with van der Waals surface area (Å²) in [5, 5.41) is 0. The van der Waals surface area contributed by atoms with Crippen LogP contribution >= 0.6 is 15.9 Å². The fourth-order valence-corrected chi connectivity index (χ4v) is 2.14. The summed E-state index contributed by atoms with van der Waals surface area (Å²) < 4.78 is 6.37. The molecule has 0 fully saturated rings. The highest BCUT2D eigenvalue weighted by atomic mass is 79.9. The molecule has 100 valence electrons. The molecule has 5 heteroatoms. The van der Waals surface area contributed by atoms with Crippen LogP contribution in [0.3, 0.4) is 0 Å². The van der Waals surface area contributed by atoms with Crippen molar-refractivity contribution >= 4 is 33.1 Å². The quantitative estimate of drug-likeness (QED) is 0.939. The van der Waals surface area contributed by atoms with Crippen molar-refractivity contribution in [2.75, 3.05) is 24.8 Å². The number of benzene rings is 1. The lowest BCUT2D eigenvalue weighted by atomic mass is 10.2. The first-order valence-corrected chi connectivity index (χ1v) is 6.62. The van der Waals surface area contributed by atoms with Gasteiger partial charge in [-0.05, 0) is 37.3 Å². The zero-order valence-corrected chi connectivity index (χ0v) is 12.7. The lowest BCUT2D eigenvalue weighted by Crippen LogP contribution is -2.13. The molecule has 0 atom stereocenters. The van der Waals surface area contributed by atoms with Crippen LogP contribution in [0, 0.1) is 6.92 Å². The van der Waals surface area contributed by atoms with E-state index >= 15 is 0 Å². The van der Waals surface area contributed by atoms with Gasteiger partial charge in [0, 0.05) is 11.5 Å².